The van der Waals surface area contributed by atoms with Crippen LogP contribution in [-0.4, -0.2) is 38.6 Å². The predicted octanol–water partition coefficient (Wildman–Crippen LogP) is -0.355. The van der Waals surface area contributed by atoms with Crippen molar-refractivity contribution in [3.63, 3.8) is 0 Å². The van der Waals surface area contributed by atoms with Gasteiger partial charge in [0.25, 0.3) is 0 Å². The molecule has 12 heavy (non-hydrogen) atoms. The molecule has 0 aromatic carbocycles. The lowest BCUT2D eigenvalue weighted by Crippen LogP contribution is -2.35. The predicted molar refractivity (Wildman–Crippen MR) is 40.7 cm³/mol. The number of carbonyl (C=O) groups is 1. The number of rotatable bonds is 4. The van der Waals surface area contributed by atoms with E-state index in [9.17, 15) is 4.79 Å². The highest BCUT2D eigenvalue weighted by atomic mass is 16.4. The lowest BCUT2D eigenvalue weighted by Gasteiger charge is -2.12. The Labute approximate surface area is 69.6 Å². The molecule has 5 heteroatoms. The minimum atomic E-state index is -1.98. The number of hydrogen-bond acceptors (Lipinski definition) is 4. The summed E-state index contributed by atoms with van der Waals surface area (Å²) in [5.41, 5.74) is 0. The molecular weight excluding hydrogens is 164 g/mol. The summed E-state index contributed by atoms with van der Waals surface area (Å²) in [6, 6.07) is 0. The first-order chi connectivity index (χ1) is 5.50. The topological polar surface area (TPSA) is 98.0 Å². The van der Waals surface area contributed by atoms with Gasteiger partial charge in [-0.15, -0.1) is 0 Å². The highest BCUT2D eigenvalue weighted by Crippen LogP contribution is 2.04. The summed E-state index contributed by atoms with van der Waals surface area (Å²) in [6.45, 7) is 1.70. The Morgan fingerprint density at radius 1 is 1.33 bits per heavy atom. The van der Waals surface area contributed by atoms with Gasteiger partial charge in [0, 0.05) is 0 Å². The van der Waals surface area contributed by atoms with E-state index in [0.717, 1.165) is 0 Å². The molecule has 0 heterocycles. The molecule has 0 spiro atoms. The second-order valence-electron chi connectivity index (χ2n) is 2.27. The van der Waals surface area contributed by atoms with Crippen LogP contribution in [0.25, 0.3) is 0 Å². The molecule has 0 aliphatic rings. The third-order valence-corrected chi connectivity index (χ3v) is 1.27. The Bertz CT molecular complexity index is 186. The van der Waals surface area contributed by atoms with E-state index < -0.39 is 23.9 Å². The van der Waals surface area contributed by atoms with E-state index in [1.807, 2.05) is 0 Å². The van der Waals surface area contributed by atoms with Gasteiger partial charge in [0.2, 0.25) is 0 Å². The standard InChI is InChI=1S/C7H12O5/c1-2-3-4(8)5(9)6(10)7(11)12/h3,5-6,8-10H,2H2,1H3,(H,11,12)/t5-,6-/m1/s1. The Kier molecular flexibility index (Phi) is 4.31. The van der Waals surface area contributed by atoms with E-state index >= 15 is 0 Å². The second-order valence-corrected chi connectivity index (χ2v) is 2.27. The van der Waals surface area contributed by atoms with Gasteiger partial charge in [-0.05, 0) is 12.5 Å². The fraction of sp³-hybridized carbons (Fsp3) is 0.571. The third-order valence-electron chi connectivity index (χ3n) is 1.27. The van der Waals surface area contributed by atoms with Gasteiger partial charge in [-0.1, -0.05) is 6.92 Å². The molecule has 0 aromatic heterocycles. The molecule has 2 atom stereocenters. The van der Waals surface area contributed by atoms with E-state index in [0.29, 0.717) is 6.42 Å². The van der Waals surface area contributed by atoms with Gasteiger partial charge in [-0.2, -0.15) is 0 Å². The van der Waals surface area contributed by atoms with Crippen molar-refractivity contribution < 1.29 is 25.2 Å². The molecular formula is C7H12O5. The van der Waals surface area contributed by atoms with Crippen LogP contribution in [0.3, 0.4) is 0 Å². The first-order valence-electron chi connectivity index (χ1n) is 3.48. The van der Waals surface area contributed by atoms with Crippen molar-refractivity contribution in [2.24, 2.45) is 0 Å². The van der Waals surface area contributed by atoms with E-state index in [4.69, 9.17) is 20.4 Å². The van der Waals surface area contributed by atoms with Crippen molar-refractivity contribution in [3.05, 3.63) is 11.8 Å². The van der Waals surface area contributed by atoms with Crippen LogP contribution in [0.15, 0.2) is 11.8 Å². The van der Waals surface area contributed by atoms with Crippen molar-refractivity contribution in [1.29, 1.82) is 0 Å². The van der Waals surface area contributed by atoms with E-state index in [1.165, 1.54) is 6.08 Å². The average Bonchev–Trinajstić information content (AvgIpc) is 2.02. The lowest BCUT2D eigenvalue weighted by atomic mass is 10.1. The van der Waals surface area contributed by atoms with Gasteiger partial charge < -0.3 is 20.4 Å². The van der Waals surface area contributed by atoms with Crippen LogP contribution in [0.5, 0.6) is 0 Å². The number of aliphatic carboxylic acids is 1. The monoisotopic (exact) mass is 176 g/mol. The number of aliphatic hydroxyl groups is 3. The Morgan fingerprint density at radius 2 is 1.83 bits per heavy atom. The van der Waals surface area contributed by atoms with Crippen LogP contribution in [0, 0.1) is 0 Å². The molecule has 0 fully saturated rings. The Balaban J connectivity index is 4.28. The summed E-state index contributed by atoms with van der Waals surface area (Å²) >= 11 is 0. The molecule has 0 aromatic rings. The van der Waals surface area contributed by atoms with Crippen LogP contribution in [0.4, 0.5) is 0 Å². The van der Waals surface area contributed by atoms with Gasteiger partial charge in [0.15, 0.2) is 6.10 Å². The molecule has 0 rings (SSSR count). The average molecular weight is 176 g/mol. The van der Waals surface area contributed by atoms with Crippen molar-refractivity contribution in [2.45, 2.75) is 25.6 Å². The van der Waals surface area contributed by atoms with Crippen LogP contribution in [0.1, 0.15) is 13.3 Å². The van der Waals surface area contributed by atoms with E-state index in [-0.39, 0.29) is 0 Å². The molecule has 0 aliphatic heterocycles. The van der Waals surface area contributed by atoms with Crippen molar-refractivity contribution in [3.8, 4) is 0 Å². The van der Waals surface area contributed by atoms with Crippen molar-refractivity contribution in [2.75, 3.05) is 0 Å². The highest BCUT2D eigenvalue weighted by Gasteiger charge is 2.26. The van der Waals surface area contributed by atoms with Crippen molar-refractivity contribution in [1.82, 2.24) is 0 Å². The van der Waals surface area contributed by atoms with Crippen LogP contribution < -0.4 is 0 Å². The highest BCUT2D eigenvalue weighted by molar-refractivity contribution is 5.73. The molecule has 0 saturated heterocycles. The summed E-state index contributed by atoms with van der Waals surface area (Å²) < 4.78 is 0. The fourth-order valence-corrected chi connectivity index (χ4v) is 0.627. The molecule has 0 amide bonds. The minimum absolute atomic E-state index is 0.454. The zero-order chi connectivity index (χ0) is 9.72. The van der Waals surface area contributed by atoms with E-state index in [1.54, 1.807) is 6.92 Å². The second kappa shape index (κ2) is 4.74. The zero-order valence-corrected chi connectivity index (χ0v) is 6.64. The fourth-order valence-electron chi connectivity index (χ4n) is 0.627. The molecule has 0 bridgehead atoms. The summed E-state index contributed by atoms with van der Waals surface area (Å²) in [5, 5.41) is 34.8. The zero-order valence-electron chi connectivity index (χ0n) is 6.64. The Hall–Kier alpha value is -1.07. The summed E-state index contributed by atoms with van der Waals surface area (Å²) in [5.74, 6) is -2.09. The van der Waals surface area contributed by atoms with Gasteiger partial charge in [0.1, 0.15) is 11.9 Å². The molecule has 4 N–H and O–H groups in total. The van der Waals surface area contributed by atoms with Gasteiger partial charge in [-0.3, -0.25) is 0 Å². The SMILES string of the molecule is CCC=C(O)[C@@H](O)[C@@H](O)C(=O)O. The van der Waals surface area contributed by atoms with Gasteiger partial charge in [0.05, 0.1) is 0 Å². The van der Waals surface area contributed by atoms with E-state index in [2.05, 4.69) is 0 Å². The molecule has 0 radical (unpaired) electrons. The molecule has 0 aliphatic carbocycles. The van der Waals surface area contributed by atoms with Crippen LogP contribution >= 0.6 is 0 Å². The molecule has 0 saturated carbocycles. The maximum Gasteiger partial charge on any atom is 0.335 e. The summed E-state index contributed by atoms with van der Waals surface area (Å²) in [6.07, 6.45) is -2.04. The van der Waals surface area contributed by atoms with Crippen molar-refractivity contribution >= 4 is 5.97 Å². The third kappa shape index (κ3) is 2.89. The summed E-state index contributed by atoms with van der Waals surface area (Å²) in [7, 11) is 0. The van der Waals surface area contributed by atoms with Crippen LogP contribution in [-0.2, 0) is 4.79 Å². The van der Waals surface area contributed by atoms with Gasteiger partial charge >= 0.3 is 5.97 Å². The minimum Gasteiger partial charge on any atom is -0.510 e. The smallest absolute Gasteiger partial charge is 0.335 e. The first-order valence-corrected chi connectivity index (χ1v) is 3.48. The molecule has 5 nitrogen and oxygen atoms in total. The number of hydrogen-bond donors (Lipinski definition) is 4. The lowest BCUT2D eigenvalue weighted by molar-refractivity contribution is -0.152. The number of allylic oxidation sites excluding steroid dienone is 1. The van der Waals surface area contributed by atoms with Crippen LogP contribution in [0.2, 0.25) is 0 Å². The summed E-state index contributed by atoms with van der Waals surface area (Å²) in [4.78, 5) is 10.1. The first kappa shape index (κ1) is 10.9. The maximum absolute atomic E-state index is 10.1. The van der Waals surface area contributed by atoms with Gasteiger partial charge in [-0.25, -0.2) is 4.79 Å². The molecule has 70 valence electrons. The largest absolute Gasteiger partial charge is 0.510 e. The molecule has 0 unspecified atom stereocenters. The quantitative estimate of drug-likeness (QED) is 0.439. The normalized spacial score (nSPS) is 17.1. The maximum atomic E-state index is 10.1. The number of aliphatic hydroxyl groups excluding tert-OH is 3. The number of carboxylic acids is 1. The number of carboxylic acid groups (broad SMARTS) is 1. The Morgan fingerprint density at radius 3 is 2.17 bits per heavy atom.